The number of H-pyrrole nitrogens is 1. The van der Waals surface area contributed by atoms with E-state index in [4.69, 9.17) is 10.8 Å². The van der Waals surface area contributed by atoms with Crippen LogP contribution in [0, 0.1) is 0 Å². The summed E-state index contributed by atoms with van der Waals surface area (Å²) in [4.78, 5) is 28.8. The van der Waals surface area contributed by atoms with Gasteiger partial charge in [-0.15, -0.1) is 0 Å². The van der Waals surface area contributed by atoms with Crippen LogP contribution in [0.3, 0.4) is 0 Å². The van der Waals surface area contributed by atoms with Crippen LogP contribution in [0.4, 0.5) is 0 Å². The number of carboxylic acids is 1. The number of carbonyl (C=O) groups excluding carboxylic acids is 1. The number of aliphatic carboxylic acids is 1. The van der Waals surface area contributed by atoms with Gasteiger partial charge in [0.1, 0.15) is 11.7 Å². The highest BCUT2D eigenvalue weighted by atomic mass is 32.2. The van der Waals surface area contributed by atoms with E-state index in [0.29, 0.717) is 18.5 Å². The van der Waals surface area contributed by atoms with Crippen molar-refractivity contribution in [3.63, 3.8) is 0 Å². The lowest BCUT2D eigenvalue weighted by molar-refractivity contribution is -0.138. The summed E-state index contributed by atoms with van der Waals surface area (Å²) in [5.41, 5.74) is 9.31. The Morgan fingerprint density at radius 1 is 1.13 bits per heavy atom. The number of aromatic nitrogens is 2. The minimum Gasteiger partial charge on any atom is -0.480 e. The van der Waals surface area contributed by atoms with Gasteiger partial charge >= 0.3 is 5.97 Å². The summed E-state index contributed by atoms with van der Waals surface area (Å²) in [5.74, 6) is -0.00494. The van der Waals surface area contributed by atoms with Gasteiger partial charge < -0.3 is 15.8 Å². The molecule has 7 heteroatoms. The topological polar surface area (TPSA) is 109 Å². The number of benzene rings is 2. The molecule has 1 atom stereocenters. The Morgan fingerprint density at radius 2 is 1.87 bits per heavy atom. The number of carboxylic acid groups (broad SMARTS) is 1. The second kappa shape index (κ2) is 12.6. The highest BCUT2D eigenvalue weighted by molar-refractivity contribution is 7.98. The number of nitrogens with one attached hydrogen (secondary N) is 1. The third-order valence-electron chi connectivity index (χ3n) is 4.42. The molecule has 2 aromatic carbocycles. The number of rotatable bonds is 9. The fourth-order valence-electron chi connectivity index (χ4n) is 2.71. The van der Waals surface area contributed by atoms with E-state index in [9.17, 15) is 9.59 Å². The van der Waals surface area contributed by atoms with E-state index < -0.39 is 12.0 Å². The van der Waals surface area contributed by atoms with Gasteiger partial charge in [-0.2, -0.15) is 11.8 Å². The van der Waals surface area contributed by atoms with E-state index >= 15 is 0 Å². The standard InChI is InChI=1S/C18H16N2O.C5H11NO2S/c21-18(17-12-19-13-20-17)10-9-14-5-4-8-16(11-14)15-6-2-1-3-7-15;1-9-3-2-4(6)5(7)8/h1-8,11-13H,9-10H2,(H,19,20);4H,2-3,6H2,1H3,(H,7,8)/t;4-/m.0/s1. The zero-order valence-corrected chi connectivity index (χ0v) is 17.8. The van der Waals surface area contributed by atoms with E-state index in [1.165, 1.54) is 23.0 Å². The lowest BCUT2D eigenvalue weighted by Crippen LogP contribution is -2.30. The average Bonchev–Trinajstić information content (AvgIpc) is 3.32. The maximum absolute atomic E-state index is 12.0. The monoisotopic (exact) mass is 425 g/mol. The van der Waals surface area contributed by atoms with Crippen LogP contribution in [-0.4, -0.2) is 44.9 Å². The van der Waals surface area contributed by atoms with Gasteiger partial charge in [-0.25, -0.2) is 4.98 Å². The van der Waals surface area contributed by atoms with Crippen molar-refractivity contribution in [2.75, 3.05) is 12.0 Å². The number of Topliss-reactive ketones (excluding diaryl/α,β-unsaturated/α-hetero) is 1. The van der Waals surface area contributed by atoms with E-state index in [0.717, 1.165) is 12.2 Å². The van der Waals surface area contributed by atoms with Crippen molar-refractivity contribution < 1.29 is 14.7 Å². The molecule has 0 aliphatic carbocycles. The third-order valence-corrected chi connectivity index (χ3v) is 5.07. The molecule has 0 unspecified atom stereocenters. The summed E-state index contributed by atoms with van der Waals surface area (Å²) < 4.78 is 0. The number of ketones is 1. The lowest BCUT2D eigenvalue weighted by Gasteiger charge is -2.05. The fourth-order valence-corrected chi connectivity index (χ4v) is 3.20. The Labute approximate surface area is 180 Å². The van der Waals surface area contributed by atoms with Crippen LogP contribution in [0.2, 0.25) is 0 Å². The number of nitrogens with two attached hydrogens (primary N) is 1. The molecular weight excluding hydrogens is 398 g/mol. The summed E-state index contributed by atoms with van der Waals surface area (Å²) in [7, 11) is 0. The highest BCUT2D eigenvalue weighted by Crippen LogP contribution is 2.20. The number of hydrogen-bond donors (Lipinski definition) is 3. The van der Waals surface area contributed by atoms with Gasteiger partial charge in [-0.3, -0.25) is 9.59 Å². The number of aryl methyl sites for hydroxylation is 1. The molecule has 0 radical (unpaired) electrons. The SMILES string of the molecule is CSCC[C@H](N)C(=O)O.O=C(CCc1cccc(-c2ccccc2)c1)c1cnc[nH]1. The summed E-state index contributed by atoms with van der Waals surface area (Å²) in [6.45, 7) is 0. The van der Waals surface area contributed by atoms with Gasteiger partial charge in [-0.05, 0) is 41.5 Å². The molecular formula is C23H27N3O3S. The first-order chi connectivity index (χ1) is 14.5. The Bertz CT molecular complexity index is 914. The minimum atomic E-state index is -0.913. The molecule has 3 rings (SSSR count). The largest absolute Gasteiger partial charge is 0.480 e. The van der Waals surface area contributed by atoms with Gasteiger partial charge in [0, 0.05) is 6.42 Å². The van der Waals surface area contributed by atoms with Crippen molar-refractivity contribution in [1.29, 1.82) is 0 Å². The molecule has 158 valence electrons. The van der Waals surface area contributed by atoms with Gasteiger partial charge in [-0.1, -0.05) is 54.6 Å². The predicted molar refractivity (Wildman–Crippen MR) is 122 cm³/mol. The molecule has 0 aliphatic heterocycles. The van der Waals surface area contributed by atoms with Crippen LogP contribution in [0.5, 0.6) is 0 Å². The molecule has 0 aliphatic rings. The van der Waals surface area contributed by atoms with Crippen LogP contribution < -0.4 is 5.73 Å². The molecule has 1 heterocycles. The fraction of sp³-hybridized carbons (Fsp3) is 0.261. The maximum atomic E-state index is 12.0. The Morgan fingerprint density at radius 3 is 2.50 bits per heavy atom. The lowest BCUT2D eigenvalue weighted by atomic mass is 10.00. The molecule has 0 saturated carbocycles. The summed E-state index contributed by atoms with van der Waals surface area (Å²) in [6, 6.07) is 17.9. The Kier molecular flexibility index (Phi) is 9.83. The van der Waals surface area contributed by atoms with E-state index in [2.05, 4.69) is 40.3 Å². The number of imidazole rings is 1. The first-order valence-electron chi connectivity index (χ1n) is 9.64. The molecule has 1 aromatic heterocycles. The van der Waals surface area contributed by atoms with Crippen molar-refractivity contribution in [2.24, 2.45) is 5.73 Å². The van der Waals surface area contributed by atoms with Crippen LogP contribution in [0.15, 0.2) is 67.1 Å². The molecule has 0 fully saturated rings. The van der Waals surface area contributed by atoms with Crippen molar-refractivity contribution in [2.45, 2.75) is 25.3 Å². The molecule has 0 spiro atoms. The number of nitrogens with zero attached hydrogens (tertiary/aromatic N) is 1. The van der Waals surface area contributed by atoms with Crippen LogP contribution in [0.25, 0.3) is 11.1 Å². The van der Waals surface area contributed by atoms with Gasteiger partial charge in [0.2, 0.25) is 0 Å². The zero-order chi connectivity index (χ0) is 21.8. The summed E-state index contributed by atoms with van der Waals surface area (Å²) >= 11 is 1.60. The molecule has 4 N–H and O–H groups in total. The summed E-state index contributed by atoms with van der Waals surface area (Å²) in [6.07, 6.45) is 6.80. The van der Waals surface area contributed by atoms with Gasteiger partial charge in [0.25, 0.3) is 0 Å². The Balaban J connectivity index is 0.000000303. The molecule has 0 saturated heterocycles. The smallest absolute Gasteiger partial charge is 0.320 e. The van der Waals surface area contributed by atoms with Crippen LogP contribution in [-0.2, 0) is 11.2 Å². The minimum absolute atomic E-state index is 0.0950. The first-order valence-corrected chi connectivity index (χ1v) is 11.0. The zero-order valence-electron chi connectivity index (χ0n) is 17.0. The van der Waals surface area contributed by atoms with Crippen molar-refractivity contribution >= 4 is 23.5 Å². The number of thioether (sulfide) groups is 1. The second-order valence-corrected chi connectivity index (χ2v) is 7.67. The molecule has 6 nitrogen and oxygen atoms in total. The van der Waals surface area contributed by atoms with Crippen molar-refractivity contribution in [3.05, 3.63) is 78.4 Å². The third kappa shape index (κ3) is 7.85. The van der Waals surface area contributed by atoms with Gasteiger partial charge in [0.05, 0.1) is 12.5 Å². The number of carbonyl (C=O) groups is 2. The molecule has 0 bridgehead atoms. The van der Waals surface area contributed by atoms with Crippen LogP contribution in [0.1, 0.15) is 28.9 Å². The highest BCUT2D eigenvalue weighted by Gasteiger charge is 2.09. The number of hydrogen-bond acceptors (Lipinski definition) is 5. The van der Waals surface area contributed by atoms with E-state index in [-0.39, 0.29) is 5.78 Å². The molecule has 3 aromatic rings. The Hall–Kier alpha value is -2.90. The van der Waals surface area contributed by atoms with Crippen molar-refractivity contribution in [3.8, 4) is 11.1 Å². The van der Waals surface area contributed by atoms with E-state index in [1.54, 1.807) is 18.0 Å². The van der Waals surface area contributed by atoms with Crippen molar-refractivity contribution in [1.82, 2.24) is 9.97 Å². The summed E-state index contributed by atoms with van der Waals surface area (Å²) in [5, 5.41) is 8.27. The molecule has 0 amide bonds. The van der Waals surface area contributed by atoms with E-state index in [1.807, 2.05) is 30.5 Å². The normalized spacial score (nSPS) is 11.3. The average molecular weight is 426 g/mol. The second-order valence-electron chi connectivity index (χ2n) is 6.68. The quantitative estimate of drug-likeness (QED) is 0.446. The first kappa shape index (κ1) is 23.4. The van der Waals surface area contributed by atoms with Crippen LogP contribution >= 0.6 is 11.8 Å². The predicted octanol–water partition coefficient (Wildman–Crippen LogP) is 4.04. The maximum Gasteiger partial charge on any atom is 0.320 e. The molecule has 30 heavy (non-hydrogen) atoms. The van der Waals surface area contributed by atoms with Gasteiger partial charge in [0.15, 0.2) is 5.78 Å². The number of aromatic amines is 1.